The number of pyridine rings is 2. The Morgan fingerprint density at radius 3 is 2.57 bits per heavy atom. The van der Waals surface area contributed by atoms with E-state index in [2.05, 4.69) is 20.0 Å². The molecule has 184 valence electrons. The maximum absolute atomic E-state index is 13.9. The van der Waals surface area contributed by atoms with Crippen molar-refractivity contribution >= 4 is 29.0 Å². The number of hydrogen-bond donors (Lipinski definition) is 2. The lowest BCUT2D eigenvalue weighted by atomic mass is 10.1. The van der Waals surface area contributed by atoms with Crippen LogP contribution in [-0.2, 0) is 4.74 Å². The monoisotopic (exact) mass is 507 g/mol. The van der Waals surface area contributed by atoms with Crippen LogP contribution in [0.3, 0.4) is 0 Å². The van der Waals surface area contributed by atoms with Crippen LogP contribution in [0.15, 0.2) is 55.0 Å². The molecule has 1 amide bonds. The number of ether oxygens (including phenoxy) is 2. The van der Waals surface area contributed by atoms with Gasteiger partial charge in [-0.1, -0.05) is 0 Å². The number of methoxy groups -OCH3 is 1. The summed E-state index contributed by atoms with van der Waals surface area (Å²) in [5.41, 5.74) is 3.74. The Morgan fingerprint density at radius 2 is 1.94 bits per heavy atom. The molecule has 3 heterocycles. The number of hydrogen-bond acceptors (Lipinski definition) is 7. The molecule has 2 atom stereocenters. The predicted molar refractivity (Wildman–Crippen MR) is 124 cm³/mol. The summed E-state index contributed by atoms with van der Waals surface area (Å²) in [5.74, 6) is -0.722. The number of anilines is 2. The Labute approximate surface area is 203 Å². The number of carbonyl (C=O) groups excluding carboxylic acids is 1. The van der Waals surface area contributed by atoms with Crippen molar-refractivity contribution in [2.45, 2.75) is 17.7 Å². The Balaban J connectivity index is 1.61. The molecule has 3 aromatic rings. The van der Waals surface area contributed by atoms with Crippen LogP contribution in [0.2, 0.25) is 0 Å². The molecule has 0 aliphatic carbocycles. The van der Waals surface area contributed by atoms with Gasteiger partial charge in [0.15, 0.2) is 0 Å². The molecule has 0 unspecified atom stereocenters. The topological polar surface area (TPSA) is 103 Å². The summed E-state index contributed by atoms with van der Waals surface area (Å²) in [6, 6.07) is 7.86. The largest absolute Gasteiger partial charge is 0.487 e. The average molecular weight is 508 g/mol. The second-order valence-corrected chi connectivity index (χ2v) is 8.30. The third-order valence-electron chi connectivity index (χ3n) is 5.40. The number of halogens is 4. The van der Waals surface area contributed by atoms with Gasteiger partial charge in [-0.2, -0.15) is 0 Å². The highest BCUT2D eigenvalue weighted by atomic mass is 35.5. The average Bonchev–Trinajstić information content (AvgIpc) is 3.19. The Morgan fingerprint density at radius 1 is 1.20 bits per heavy atom. The fourth-order valence-electron chi connectivity index (χ4n) is 3.77. The minimum absolute atomic E-state index is 0.173. The number of nitrogens with one attached hydrogen (secondary N) is 1. The first kappa shape index (κ1) is 24.7. The minimum Gasteiger partial charge on any atom is -0.420 e. The zero-order chi connectivity index (χ0) is 25.2. The molecule has 1 aliphatic rings. The number of nitrogens with two attached hydrogens (primary N) is 1. The van der Waals surface area contributed by atoms with Gasteiger partial charge in [0.05, 0.1) is 23.9 Å². The van der Waals surface area contributed by atoms with Crippen molar-refractivity contribution in [3.05, 3.63) is 66.4 Å². The van der Waals surface area contributed by atoms with Gasteiger partial charge in [-0.3, -0.25) is 9.78 Å². The number of carbonyl (C=O) groups is 1. The van der Waals surface area contributed by atoms with Gasteiger partial charge in [0.1, 0.15) is 17.4 Å². The number of nitrogens with zero attached hydrogens (tertiary/aromatic N) is 3. The highest BCUT2D eigenvalue weighted by Gasteiger charge is 2.32. The fourth-order valence-corrected chi connectivity index (χ4v) is 3.86. The first-order valence-corrected chi connectivity index (χ1v) is 10.8. The van der Waals surface area contributed by atoms with E-state index in [4.69, 9.17) is 22.1 Å². The minimum atomic E-state index is -3.84. The van der Waals surface area contributed by atoms with Crippen molar-refractivity contribution in [2.75, 3.05) is 30.4 Å². The molecule has 1 fully saturated rings. The van der Waals surface area contributed by atoms with Crippen LogP contribution in [0.5, 0.6) is 5.75 Å². The van der Waals surface area contributed by atoms with Gasteiger partial charge in [0.2, 0.25) is 0 Å². The van der Waals surface area contributed by atoms with Gasteiger partial charge in [0.25, 0.3) is 5.91 Å². The summed E-state index contributed by atoms with van der Waals surface area (Å²) in [4.78, 5) is 23.2. The number of benzene rings is 1. The fraction of sp³-hybridized carbons (Fsp3) is 0.261. The second-order valence-electron chi connectivity index (χ2n) is 7.86. The molecule has 0 spiro atoms. The molecule has 12 heteroatoms. The number of aromatic nitrogens is 2. The molecular weight excluding hydrogens is 487 g/mol. The maximum Gasteiger partial charge on any atom is 0.487 e. The molecule has 0 saturated carbocycles. The first-order chi connectivity index (χ1) is 16.6. The summed E-state index contributed by atoms with van der Waals surface area (Å²) in [7, 11) is 1.58. The van der Waals surface area contributed by atoms with E-state index < -0.39 is 17.3 Å². The van der Waals surface area contributed by atoms with Gasteiger partial charge in [-0.25, -0.2) is 9.37 Å². The summed E-state index contributed by atoms with van der Waals surface area (Å²) in [6.45, 7) is 0.935. The predicted octanol–water partition coefficient (Wildman–Crippen LogP) is 3.87. The van der Waals surface area contributed by atoms with Gasteiger partial charge in [-0.15, -0.1) is 8.78 Å². The van der Waals surface area contributed by atoms with Crippen molar-refractivity contribution in [1.82, 2.24) is 9.97 Å². The van der Waals surface area contributed by atoms with Gasteiger partial charge >= 0.3 is 5.57 Å². The van der Waals surface area contributed by atoms with Crippen molar-refractivity contribution in [1.29, 1.82) is 0 Å². The Hall–Kier alpha value is -3.41. The molecule has 8 nitrogen and oxygen atoms in total. The zero-order valence-electron chi connectivity index (χ0n) is 18.4. The van der Waals surface area contributed by atoms with Crippen LogP contribution in [0.25, 0.3) is 11.1 Å². The van der Waals surface area contributed by atoms with Gasteiger partial charge in [-0.05, 0) is 36.4 Å². The lowest BCUT2D eigenvalue weighted by Crippen LogP contribution is -2.34. The third kappa shape index (κ3) is 5.99. The number of amides is 1. The van der Waals surface area contributed by atoms with Gasteiger partial charge in [0, 0.05) is 61.0 Å². The molecule has 3 N–H and O–H groups in total. The van der Waals surface area contributed by atoms with Crippen molar-refractivity contribution < 1.29 is 27.4 Å². The van der Waals surface area contributed by atoms with Crippen LogP contribution in [0.1, 0.15) is 10.4 Å². The van der Waals surface area contributed by atoms with E-state index in [-0.39, 0.29) is 23.5 Å². The molecule has 2 aromatic heterocycles. The van der Waals surface area contributed by atoms with Gasteiger partial charge < -0.3 is 25.4 Å². The van der Waals surface area contributed by atoms with E-state index >= 15 is 0 Å². The number of rotatable bonds is 7. The lowest BCUT2D eigenvalue weighted by molar-refractivity contribution is -0.0964. The summed E-state index contributed by atoms with van der Waals surface area (Å²) in [6.07, 6.45) is 3.73. The highest BCUT2D eigenvalue weighted by molar-refractivity contribution is 6.20. The van der Waals surface area contributed by atoms with Crippen LogP contribution in [0, 0.1) is 5.82 Å². The van der Waals surface area contributed by atoms with E-state index in [9.17, 15) is 18.0 Å². The van der Waals surface area contributed by atoms with E-state index in [0.717, 1.165) is 6.20 Å². The molecule has 0 radical (unpaired) electrons. The highest BCUT2D eigenvalue weighted by Crippen LogP contribution is 2.33. The van der Waals surface area contributed by atoms with Crippen molar-refractivity contribution in [2.24, 2.45) is 5.73 Å². The lowest BCUT2D eigenvalue weighted by Gasteiger charge is -2.21. The molecule has 4 rings (SSSR count). The maximum atomic E-state index is 13.9. The van der Waals surface area contributed by atoms with E-state index in [1.54, 1.807) is 13.2 Å². The molecule has 1 aliphatic heterocycles. The normalized spacial score (nSPS) is 17.9. The second kappa shape index (κ2) is 10.1. The van der Waals surface area contributed by atoms with Crippen molar-refractivity contribution in [3.8, 4) is 16.9 Å². The molecule has 0 bridgehead atoms. The summed E-state index contributed by atoms with van der Waals surface area (Å²) in [5, 5.41) is 2.65. The number of alkyl halides is 3. The van der Waals surface area contributed by atoms with E-state index in [1.165, 1.54) is 42.7 Å². The SMILES string of the molecule is CO[C@@H]1CN(c2ncc(C(=O)Nc3ccc(OC(F)(F)Cl)cc3)cc2-c2cncc(F)c2)C[C@H]1N. The van der Waals surface area contributed by atoms with Crippen LogP contribution >= 0.6 is 11.6 Å². The molecule has 35 heavy (non-hydrogen) atoms. The molecular formula is C23H21ClF3N5O3. The zero-order valence-corrected chi connectivity index (χ0v) is 19.2. The van der Waals surface area contributed by atoms with Crippen LogP contribution in [-0.4, -0.2) is 53.8 Å². The van der Waals surface area contributed by atoms with Crippen molar-refractivity contribution in [3.63, 3.8) is 0 Å². The third-order valence-corrected chi connectivity index (χ3v) is 5.48. The molecule has 1 aromatic carbocycles. The Bertz CT molecular complexity index is 1210. The quantitative estimate of drug-likeness (QED) is 0.468. The van der Waals surface area contributed by atoms with E-state index in [1.807, 2.05) is 4.90 Å². The smallest absolute Gasteiger partial charge is 0.420 e. The van der Waals surface area contributed by atoms with Crippen LogP contribution in [0.4, 0.5) is 24.7 Å². The summed E-state index contributed by atoms with van der Waals surface area (Å²) >= 11 is 4.75. The van der Waals surface area contributed by atoms with E-state index in [0.29, 0.717) is 35.7 Å². The first-order valence-electron chi connectivity index (χ1n) is 10.4. The van der Waals surface area contributed by atoms with Crippen LogP contribution < -0.4 is 20.7 Å². The standard InChI is InChI=1S/C23H21ClF3N5O3/c1-34-20-12-32(11-19(20)28)21-18(13-6-15(25)10-29-8-13)7-14(9-30-21)22(33)31-16-2-4-17(5-3-16)35-23(24,26)27/h2-10,19-20H,11-12,28H2,1H3,(H,31,33)/t19-,20-/m1/s1. The molecule has 1 saturated heterocycles. The Kier molecular flexibility index (Phi) is 7.10. The summed E-state index contributed by atoms with van der Waals surface area (Å²) < 4.78 is 49.2.